The molecule has 2 heterocycles. The third-order valence-electron chi connectivity index (χ3n) is 3.84. The van der Waals surface area contributed by atoms with Gasteiger partial charge in [-0.3, -0.25) is 9.59 Å². The lowest BCUT2D eigenvalue weighted by Gasteiger charge is -2.23. The van der Waals surface area contributed by atoms with Crippen LogP contribution in [0, 0.1) is 5.41 Å². The molecular formula is C13H15N3O4. The topological polar surface area (TPSA) is 100 Å². The fourth-order valence-corrected chi connectivity index (χ4v) is 2.46. The minimum atomic E-state index is -1.32. The number of carbonyl (C=O) groups excluding carboxylic acids is 2. The van der Waals surface area contributed by atoms with Crippen molar-refractivity contribution in [3.63, 3.8) is 0 Å². The van der Waals surface area contributed by atoms with Crippen LogP contribution in [0.1, 0.15) is 43.6 Å². The lowest BCUT2D eigenvalue weighted by atomic mass is 9.81. The van der Waals surface area contributed by atoms with Crippen LogP contribution >= 0.6 is 0 Å². The molecular weight excluding hydrogens is 262 g/mol. The predicted molar refractivity (Wildman–Crippen MR) is 69.1 cm³/mol. The first-order chi connectivity index (χ1) is 9.46. The molecule has 106 valence electrons. The highest BCUT2D eigenvalue weighted by Gasteiger charge is 2.51. The third kappa shape index (κ3) is 1.95. The second kappa shape index (κ2) is 4.99. The maximum absolute atomic E-state index is 12.5. The highest BCUT2D eigenvalue weighted by molar-refractivity contribution is 6.23. The summed E-state index contributed by atoms with van der Waals surface area (Å²) in [5.74, 6) is -2.34. The summed E-state index contributed by atoms with van der Waals surface area (Å²) in [6.45, 7) is 3.68. The molecule has 1 aromatic heterocycles. The van der Waals surface area contributed by atoms with E-state index in [1.54, 1.807) is 0 Å². The van der Waals surface area contributed by atoms with E-state index < -0.39 is 28.9 Å². The quantitative estimate of drug-likeness (QED) is 0.831. The summed E-state index contributed by atoms with van der Waals surface area (Å²) in [5.41, 5.74) is -1.15. The molecule has 0 radical (unpaired) electrons. The molecule has 1 aliphatic rings. The highest BCUT2D eigenvalue weighted by atomic mass is 16.4. The Labute approximate surface area is 115 Å². The number of imide groups is 1. The molecule has 7 nitrogen and oxygen atoms in total. The van der Waals surface area contributed by atoms with Crippen molar-refractivity contribution in [3.05, 3.63) is 18.1 Å². The largest absolute Gasteiger partial charge is 0.476 e. The fourth-order valence-electron chi connectivity index (χ4n) is 2.46. The van der Waals surface area contributed by atoms with Gasteiger partial charge >= 0.3 is 5.97 Å². The van der Waals surface area contributed by atoms with Crippen LogP contribution < -0.4 is 4.90 Å². The van der Waals surface area contributed by atoms with Gasteiger partial charge in [-0.05, 0) is 12.8 Å². The molecule has 0 atom stereocenters. The molecule has 1 aromatic rings. The molecule has 1 N–H and O–H groups in total. The molecule has 0 unspecified atom stereocenters. The second-order valence-electron chi connectivity index (χ2n) is 4.73. The maximum atomic E-state index is 12.5. The zero-order chi connectivity index (χ0) is 14.9. The molecule has 20 heavy (non-hydrogen) atoms. The van der Waals surface area contributed by atoms with Crippen molar-refractivity contribution < 1.29 is 19.5 Å². The van der Waals surface area contributed by atoms with Crippen LogP contribution in [0.5, 0.6) is 0 Å². The monoisotopic (exact) mass is 277 g/mol. The van der Waals surface area contributed by atoms with E-state index in [9.17, 15) is 14.4 Å². The first-order valence-corrected chi connectivity index (χ1v) is 6.38. The molecule has 2 rings (SSSR count). The number of hydrogen-bond acceptors (Lipinski definition) is 5. The summed E-state index contributed by atoms with van der Waals surface area (Å²) in [6, 6.07) is 0. The smallest absolute Gasteiger partial charge is 0.358 e. The predicted octanol–water partition coefficient (Wildman–Crippen LogP) is 1.24. The zero-order valence-electron chi connectivity index (χ0n) is 11.3. The highest BCUT2D eigenvalue weighted by Crippen LogP contribution is 2.41. The molecule has 1 fully saturated rings. The average molecular weight is 277 g/mol. The molecule has 0 bridgehead atoms. The van der Waals surface area contributed by atoms with Crippen LogP contribution in [-0.4, -0.2) is 32.9 Å². The number of nitrogens with zero attached hydrogens (tertiary/aromatic N) is 3. The Hall–Kier alpha value is -2.31. The first-order valence-electron chi connectivity index (χ1n) is 6.38. The van der Waals surface area contributed by atoms with E-state index in [-0.39, 0.29) is 12.2 Å². The van der Waals surface area contributed by atoms with Crippen molar-refractivity contribution in [2.75, 3.05) is 4.90 Å². The van der Waals surface area contributed by atoms with E-state index in [2.05, 4.69) is 9.97 Å². The van der Waals surface area contributed by atoms with E-state index in [4.69, 9.17) is 5.11 Å². The lowest BCUT2D eigenvalue weighted by Crippen LogP contribution is -2.37. The number of rotatable bonds is 4. The minimum Gasteiger partial charge on any atom is -0.476 e. The summed E-state index contributed by atoms with van der Waals surface area (Å²) in [6.07, 6.45) is 3.60. The van der Waals surface area contributed by atoms with Crippen LogP contribution in [0.25, 0.3) is 0 Å². The summed E-state index contributed by atoms with van der Waals surface area (Å²) in [4.78, 5) is 44.2. The van der Waals surface area contributed by atoms with Gasteiger partial charge in [-0.1, -0.05) is 13.8 Å². The molecule has 0 aromatic carbocycles. The van der Waals surface area contributed by atoms with Crippen molar-refractivity contribution in [1.82, 2.24) is 9.97 Å². The van der Waals surface area contributed by atoms with Gasteiger partial charge in [0, 0.05) is 18.8 Å². The molecule has 7 heteroatoms. The van der Waals surface area contributed by atoms with Gasteiger partial charge in [-0.15, -0.1) is 0 Å². The number of carbonyl (C=O) groups is 3. The Morgan fingerprint density at radius 1 is 1.30 bits per heavy atom. The molecule has 0 spiro atoms. The van der Waals surface area contributed by atoms with Crippen LogP contribution in [0.4, 0.5) is 5.82 Å². The van der Waals surface area contributed by atoms with E-state index in [0.29, 0.717) is 12.8 Å². The molecule has 0 saturated carbocycles. The van der Waals surface area contributed by atoms with Crippen LogP contribution in [0.2, 0.25) is 0 Å². The van der Waals surface area contributed by atoms with Gasteiger partial charge in [0.15, 0.2) is 11.5 Å². The fraction of sp³-hybridized carbons (Fsp3) is 0.462. The summed E-state index contributed by atoms with van der Waals surface area (Å²) < 4.78 is 0. The van der Waals surface area contributed by atoms with Gasteiger partial charge in [0.2, 0.25) is 11.8 Å². The first kappa shape index (κ1) is 14.1. The van der Waals surface area contributed by atoms with Crippen molar-refractivity contribution in [2.24, 2.45) is 5.41 Å². The number of carboxylic acid groups (broad SMARTS) is 1. The summed E-state index contributed by atoms with van der Waals surface area (Å²) in [7, 11) is 0. The van der Waals surface area contributed by atoms with Crippen molar-refractivity contribution >= 4 is 23.6 Å². The number of anilines is 1. The van der Waals surface area contributed by atoms with Crippen molar-refractivity contribution in [2.45, 2.75) is 33.1 Å². The van der Waals surface area contributed by atoms with E-state index in [0.717, 1.165) is 4.90 Å². The Bertz CT molecular complexity index is 581. The average Bonchev–Trinajstić information content (AvgIpc) is 2.70. The summed E-state index contributed by atoms with van der Waals surface area (Å²) in [5, 5.41) is 9.09. The van der Waals surface area contributed by atoms with Gasteiger partial charge in [-0.25, -0.2) is 19.7 Å². The van der Waals surface area contributed by atoms with E-state index in [1.165, 1.54) is 12.4 Å². The van der Waals surface area contributed by atoms with Crippen molar-refractivity contribution in [3.8, 4) is 0 Å². The number of amides is 2. The molecule has 1 aliphatic heterocycles. The van der Waals surface area contributed by atoms with Gasteiger partial charge in [0.1, 0.15) is 0 Å². The second-order valence-corrected chi connectivity index (χ2v) is 4.73. The Morgan fingerprint density at radius 2 is 1.90 bits per heavy atom. The number of carboxylic acids is 1. The van der Waals surface area contributed by atoms with Crippen LogP contribution in [0.3, 0.4) is 0 Å². The summed E-state index contributed by atoms with van der Waals surface area (Å²) >= 11 is 0. The normalized spacial score (nSPS) is 17.6. The van der Waals surface area contributed by atoms with Gasteiger partial charge in [-0.2, -0.15) is 0 Å². The third-order valence-corrected chi connectivity index (χ3v) is 3.84. The van der Waals surface area contributed by atoms with E-state index in [1.807, 2.05) is 13.8 Å². The molecule has 2 amide bonds. The van der Waals surface area contributed by atoms with Gasteiger partial charge in [0.25, 0.3) is 0 Å². The van der Waals surface area contributed by atoms with Crippen LogP contribution in [0.15, 0.2) is 12.4 Å². The number of aromatic nitrogens is 2. The minimum absolute atomic E-state index is 0.0778. The zero-order valence-corrected chi connectivity index (χ0v) is 11.3. The Kier molecular flexibility index (Phi) is 3.52. The van der Waals surface area contributed by atoms with Gasteiger partial charge < -0.3 is 5.11 Å². The maximum Gasteiger partial charge on any atom is 0.358 e. The SMILES string of the molecule is CCC1(CC)CC(=O)N(c2nccnc2C(=O)O)C1=O. The lowest BCUT2D eigenvalue weighted by molar-refractivity contribution is -0.126. The Balaban J connectivity index is 2.52. The number of hydrogen-bond donors (Lipinski definition) is 1. The van der Waals surface area contributed by atoms with Gasteiger partial charge in [0.05, 0.1) is 5.41 Å². The van der Waals surface area contributed by atoms with Crippen LogP contribution in [-0.2, 0) is 9.59 Å². The number of aromatic carboxylic acids is 1. The van der Waals surface area contributed by atoms with E-state index >= 15 is 0 Å². The molecule has 1 saturated heterocycles. The standard InChI is InChI=1S/C13H15N3O4/c1-3-13(4-2)7-8(17)16(12(13)20)10-9(11(18)19)14-5-6-15-10/h5-6H,3-4,7H2,1-2H3,(H,18,19). The van der Waals surface area contributed by atoms with Crippen molar-refractivity contribution in [1.29, 1.82) is 0 Å². The Morgan fingerprint density at radius 3 is 2.40 bits per heavy atom. The molecule has 0 aliphatic carbocycles.